The van der Waals surface area contributed by atoms with Gasteiger partial charge in [0.25, 0.3) is 0 Å². The van der Waals surface area contributed by atoms with Gasteiger partial charge in [-0.15, -0.1) is 0 Å². The van der Waals surface area contributed by atoms with Crippen molar-refractivity contribution in [2.75, 3.05) is 13.1 Å². The second-order valence-corrected chi connectivity index (χ2v) is 4.52. The average molecular weight is 223 g/mol. The minimum absolute atomic E-state index is 0.561. The highest BCUT2D eigenvalue weighted by molar-refractivity contribution is 4.90. The third kappa shape index (κ3) is 2.25. The van der Waals surface area contributed by atoms with Crippen LogP contribution in [-0.4, -0.2) is 44.8 Å². The van der Waals surface area contributed by atoms with Crippen LogP contribution in [0.1, 0.15) is 26.6 Å². The van der Waals surface area contributed by atoms with Crippen LogP contribution in [0, 0.1) is 0 Å². The predicted molar refractivity (Wildman–Crippen MR) is 63.0 cm³/mol. The fraction of sp³-hybridized carbons (Fsp3) is 0.818. The molecule has 0 radical (unpaired) electrons. The van der Waals surface area contributed by atoms with E-state index in [4.69, 9.17) is 0 Å². The molecule has 0 aromatic carbocycles. The van der Waals surface area contributed by atoms with Gasteiger partial charge in [-0.05, 0) is 20.8 Å². The third-order valence-corrected chi connectivity index (χ3v) is 3.33. The zero-order valence-corrected chi connectivity index (χ0v) is 10.3. The summed E-state index contributed by atoms with van der Waals surface area (Å²) in [6.45, 7) is 10.5. The Balaban J connectivity index is 2.07. The zero-order valence-electron chi connectivity index (χ0n) is 10.3. The molecule has 0 spiro atoms. The highest BCUT2D eigenvalue weighted by Gasteiger charge is 2.25. The number of piperazine rings is 1. The second kappa shape index (κ2) is 4.93. The summed E-state index contributed by atoms with van der Waals surface area (Å²) in [7, 11) is 0. The fourth-order valence-electron chi connectivity index (χ4n) is 2.32. The zero-order chi connectivity index (χ0) is 11.5. The average Bonchev–Trinajstić information content (AvgIpc) is 2.71. The van der Waals surface area contributed by atoms with Crippen LogP contribution in [0.5, 0.6) is 0 Å². The lowest BCUT2D eigenvalue weighted by Gasteiger charge is -2.39. The van der Waals surface area contributed by atoms with Crippen LogP contribution in [-0.2, 0) is 13.1 Å². The number of aromatic nitrogens is 3. The molecule has 1 fully saturated rings. The number of hydrogen-bond donors (Lipinski definition) is 1. The minimum Gasteiger partial charge on any atom is -0.314 e. The van der Waals surface area contributed by atoms with E-state index in [9.17, 15) is 0 Å². The van der Waals surface area contributed by atoms with Gasteiger partial charge in [-0.2, -0.15) is 5.10 Å². The van der Waals surface area contributed by atoms with E-state index in [0.29, 0.717) is 12.1 Å². The summed E-state index contributed by atoms with van der Waals surface area (Å²) in [5.74, 6) is 1.07. The molecule has 1 aromatic rings. The molecule has 2 unspecified atom stereocenters. The summed E-state index contributed by atoms with van der Waals surface area (Å²) in [4.78, 5) is 6.83. The van der Waals surface area contributed by atoms with Crippen molar-refractivity contribution >= 4 is 0 Å². The number of nitrogens with one attached hydrogen (secondary N) is 1. The second-order valence-electron chi connectivity index (χ2n) is 4.52. The van der Waals surface area contributed by atoms with Crippen molar-refractivity contribution in [3.63, 3.8) is 0 Å². The van der Waals surface area contributed by atoms with E-state index in [1.165, 1.54) is 0 Å². The highest BCUT2D eigenvalue weighted by atomic mass is 15.4. The minimum atomic E-state index is 0.561. The maximum absolute atomic E-state index is 4.34. The standard InChI is InChI=1S/C11H21N5/c1-4-16-11(13-8-14-16)7-15-9(2)5-12-6-10(15)3/h8-10,12H,4-7H2,1-3H3. The molecule has 2 heterocycles. The maximum Gasteiger partial charge on any atom is 0.141 e. The van der Waals surface area contributed by atoms with Gasteiger partial charge < -0.3 is 5.32 Å². The van der Waals surface area contributed by atoms with E-state index in [1.54, 1.807) is 6.33 Å². The number of hydrogen-bond acceptors (Lipinski definition) is 4. The maximum atomic E-state index is 4.34. The normalized spacial score (nSPS) is 27.2. The number of aryl methyl sites for hydroxylation is 1. The van der Waals surface area contributed by atoms with Gasteiger partial charge in [0.1, 0.15) is 12.2 Å². The highest BCUT2D eigenvalue weighted by Crippen LogP contribution is 2.13. The van der Waals surface area contributed by atoms with Gasteiger partial charge >= 0.3 is 0 Å². The van der Waals surface area contributed by atoms with Gasteiger partial charge in [-0.1, -0.05) is 0 Å². The predicted octanol–water partition coefficient (Wildman–Crippen LogP) is 0.480. The van der Waals surface area contributed by atoms with Gasteiger partial charge in [0, 0.05) is 31.7 Å². The molecular formula is C11H21N5. The molecule has 1 N–H and O–H groups in total. The van der Waals surface area contributed by atoms with E-state index in [1.807, 2.05) is 4.68 Å². The smallest absolute Gasteiger partial charge is 0.141 e. The van der Waals surface area contributed by atoms with Crippen LogP contribution in [0.15, 0.2) is 6.33 Å². The molecular weight excluding hydrogens is 202 g/mol. The summed E-state index contributed by atoms with van der Waals surface area (Å²) < 4.78 is 1.97. The largest absolute Gasteiger partial charge is 0.314 e. The lowest BCUT2D eigenvalue weighted by molar-refractivity contribution is 0.104. The molecule has 1 saturated heterocycles. The van der Waals surface area contributed by atoms with Crippen molar-refractivity contribution in [2.24, 2.45) is 0 Å². The summed E-state index contributed by atoms with van der Waals surface area (Å²) in [5, 5.41) is 7.65. The van der Waals surface area contributed by atoms with Crippen molar-refractivity contribution in [1.82, 2.24) is 25.0 Å². The molecule has 1 aliphatic heterocycles. The lowest BCUT2D eigenvalue weighted by Crippen LogP contribution is -2.54. The van der Waals surface area contributed by atoms with Crippen LogP contribution in [0.4, 0.5) is 0 Å². The molecule has 0 aliphatic carbocycles. The molecule has 5 nitrogen and oxygen atoms in total. The van der Waals surface area contributed by atoms with Gasteiger partial charge in [0.15, 0.2) is 0 Å². The quantitative estimate of drug-likeness (QED) is 0.809. The van der Waals surface area contributed by atoms with Crippen LogP contribution < -0.4 is 5.32 Å². The Morgan fingerprint density at radius 1 is 1.38 bits per heavy atom. The first-order valence-corrected chi connectivity index (χ1v) is 6.05. The Hall–Kier alpha value is -0.940. The Bertz CT molecular complexity index is 325. The Morgan fingerprint density at radius 2 is 2.06 bits per heavy atom. The first kappa shape index (κ1) is 11.5. The molecule has 0 saturated carbocycles. The van der Waals surface area contributed by atoms with Crippen molar-refractivity contribution in [3.05, 3.63) is 12.2 Å². The molecule has 0 bridgehead atoms. The molecule has 2 rings (SSSR count). The van der Waals surface area contributed by atoms with E-state index in [0.717, 1.165) is 32.0 Å². The van der Waals surface area contributed by atoms with E-state index >= 15 is 0 Å². The van der Waals surface area contributed by atoms with Crippen LogP contribution in [0.25, 0.3) is 0 Å². The van der Waals surface area contributed by atoms with E-state index in [2.05, 4.69) is 41.1 Å². The van der Waals surface area contributed by atoms with Crippen LogP contribution >= 0.6 is 0 Å². The lowest BCUT2D eigenvalue weighted by atomic mass is 10.1. The topological polar surface area (TPSA) is 46.0 Å². The summed E-state index contributed by atoms with van der Waals surface area (Å²) in [6.07, 6.45) is 1.65. The summed E-state index contributed by atoms with van der Waals surface area (Å²) in [6, 6.07) is 1.12. The SMILES string of the molecule is CCn1ncnc1CN1C(C)CNCC1C. The molecule has 2 atom stereocenters. The van der Waals surface area contributed by atoms with Crippen LogP contribution in [0.3, 0.4) is 0 Å². The van der Waals surface area contributed by atoms with Crippen LogP contribution in [0.2, 0.25) is 0 Å². The van der Waals surface area contributed by atoms with Crippen molar-refractivity contribution in [3.8, 4) is 0 Å². The van der Waals surface area contributed by atoms with Crippen molar-refractivity contribution in [1.29, 1.82) is 0 Å². The molecule has 1 aliphatic rings. The summed E-state index contributed by atoms with van der Waals surface area (Å²) >= 11 is 0. The Morgan fingerprint density at radius 3 is 2.69 bits per heavy atom. The van der Waals surface area contributed by atoms with E-state index < -0.39 is 0 Å². The van der Waals surface area contributed by atoms with Gasteiger partial charge in [-0.25, -0.2) is 9.67 Å². The van der Waals surface area contributed by atoms with Crippen molar-refractivity contribution < 1.29 is 0 Å². The number of rotatable bonds is 3. The fourth-order valence-corrected chi connectivity index (χ4v) is 2.32. The number of nitrogens with zero attached hydrogens (tertiary/aromatic N) is 4. The Kier molecular flexibility index (Phi) is 3.56. The monoisotopic (exact) mass is 223 g/mol. The molecule has 1 aromatic heterocycles. The van der Waals surface area contributed by atoms with E-state index in [-0.39, 0.29) is 0 Å². The third-order valence-electron chi connectivity index (χ3n) is 3.33. The molecule has 16 heavy (non-hydrogen) atoms. The molecule has 90 valence electrons. The van der Waals surface area contributed by atoms with Gasteiger partial charge in [0.05, 0.1) is 6.54 Å². The van der Waals surface area contributed by atoms with Crippen molar-refractivity contribution in [2.45, 2.75) is 45.9 Å². The Labute approximate surface area is 96.8 Å². The van der Waals surface area contributed by atoms with Gasteiger partial charge in [-0.3, -0.25) is 4.90 Å². The first-order valence-electron chi connectivity index (χ1n) is 6.05. The van der Waals surface area contributed by atoms with Gasteiger partial charge in [0.2, 0.25) is 0 Å². The summed E-state index contributed by atoms with van der Waals surface area (Å²) in [5.41, 5.74) is 0. The molecule has 5 heteroatoms. The molecule has 0 amide bonds. The first-order chi connectivity index (χ1) is 7.72.